The highest BCUT2D eigenvalue weighted by Crippen LogP contribution is 2.06. The Labute approximate surface area is 66.2 Å². The van der Waals surface area contributed by atoms with E-state index in [1.54, 1.807) is 0 Å². The lowest BCUT2D eigenvalue weighted by Gasteiger charge is -2.16. The molecule has 1 amide bonds. The number of hydrogen-bond acceptors (Lipinski definition) is 5. The molecule has 0 unspecified atom stereocenters. The van der Waals surface area contributed by atoms with Gasteiger partial charge in [-0.2, -0.15) is 4.99 Å². The Bertz CT molecular complexity index is 366. The number of rotatable bonds is 0. The summed E-state index contributed by atoms with van der Waals surface area (Å²) >= 11 is 0. The van der Waals surface area contributed by atoms with Gasteiger partial charge in [0, 0.05) is 0 Å². The highest BCUT2D eigenvalue weighted by Gasteiger charge is 2.32. The molecule has 12 heavy (non-hydrogen) atoms. The standard InChI is InChI=1S/C5H3N5O2/c6-5-9-3-2(7-1-8-3)4(11)10(5)12/h1,6,12H. The van der Waals surface area contributed by atoms with Gasteiger partial charge in [-0.1, -0.05) is 0 Å². The van der Waals surface area contributed by atoms with Crippen molar-refractivity contribution in [1.82, 2.24) is 5.06 Å². The number of amidine groups is 1. The van der Waals surface area contributed by atoms with Crippen molar-refractivity contribution in [2.75, 3.05) is 0 Å². The fourth-order valence-corrected chi connectivity index (χ4v) is 0.837. The van der Waals surface area contributed by atoms with E-state index in [2.05, 4.69) is 15.0 Å². The third-order valence-corrected chi connectivity index (χ3v) is 1.39. The van der Waals surface area contributed by atoms with Crippen molar-refractivity contribution >= 4 is 29.8 Å². The molecule has 2 aliphatic rings. The number of aliphatic imine (C=N–C) groups is 3. The van der Waals surface area contributed by atoms with Gasteiger partial charge in [-0.15, -0.1) is 5.06 Å². The Kier molecular flexibility index (Phi) is 1.16. The number of carbonyl (C=O) groups excluding carboxylic acids is 1. The van der Waals surface area contributed by atoms with Gasteiger partial charge in [0.1, 0.15) is 6.34 Å². The summed E-state index contributed by atoms with van der Waals surface area (Å²) in [5.41, 5.74) is -0.0338. The summed E-state index contributed by atoms with van der Waals surface area (Å²) in [6.07, 6.45) is 1.15. The maximum Gasteiger partial charge on any atom is 0.307 e. The van der Waals surface area contributed by atoms with E-state index in [0.29, 0.717) is 0 Å². The normalized spacial score (nSPS) is 20.9. The third kappa shape index (κ3) is 0.705. The van der Waals surface area contributed by atoms with Gasteiger partial charge in [0.05, 0.1) is 0 Å². The number of hydrogen-bond donors (Lipinski definition) is 2. The van der Waals surface area contributed by atoms with Crippen molar-refractivity contribution in [2.45, 2.75) is 0 Å². The first-order chi connectivity index (χ1) is 5.70. The molecular weight excluding hydrogens is 162 g/mol. The fourth-order valence-electron chi connectivity index (χ4n) is 0.837. The van der Waals surface area contributed by atoms with Crippen molar-refractivity contribution in [3.05, 3.63) is 0 Å². The van der Waals surface area contributed by atoms with E-state index in [1.165, 1.54) is 0 Å². The molecule has 0 radical (unpaired) electrons. The predicted molar refractivity (Wildman–Crippen MR) is 39.7 cm³/mol. The van der Waals surface area contributed by atoms with E-state index in [-0.39, 0.29) is 16.6 Å². The van der Waals surface area contributed by atoms with Crippen molar-refractivity contribution < 1.29 is 10.0 Å². The van der Waals surface area contributed by atoms with E-state index >= 15 is 0 Å². The summed E-state index contributed by atoms with van der Waals surface area (Å²) in [4.78, 5) is 21.7. The maximum atomic E-state index is 11.1. The minimum Gasteiger partial charge on any atom is -0.278 e. The van der Waals surface area contributed by atoms with Crippen LogP contribution in [-0.2, 0) is 4.79 Å². The van der Waals surface area contributed by atoms with Crippen LogP contribution in [0.25, 0.3) is 0 Å². The molecule has 0 aromatic carbocycles. The average Bonchev–Trinajstić information content (AvgIpc) is 2.48. The second-order valence-corrected chi connectivity index (χ2v) is 2.10. The van der Waals surface area contributed by atoms with Crippen molar-refractivity contribution in [2.24, 2.45) is 15.0 Å². The second kappa shape index (κ2) is 2.05. The Hall–Kier alpha value is -1.89. The number of nitrogens with one attached hydrogen (secondary N) is 1. The molecule has 2 heterocycles. The molecule has 0 saturated heterocycles. The zero-order valence-corrected chi connectivity index (χ0v) is 5.72. The van der Waals surface area contributed by atoms with Crippen LogP contribution in [0.1, 0.15) is 0 Å². The van der Waals surface area contributed by atoms with Crippen molar-refractivity contribution in [3.63, 3.8) is 0 Å². The highest BCUT2D eigenvalue weighted by atomic mass is 16.5. The molecule has 7 heteroatoms. The highest BCUT2D eigenvalue weighted by molar-refractivity contribution is 6.71. The van der Waals surface area contributed by atoms with Gasteiger partial charge >= 0.3 is 5.91 Å². The molecule has 0 aliphatic carbocycles. The Morgan fingerprint density at radius 3 is 3.08 bits per heavy atom. The van der Waals surface area contributed by atoms with Crippen LogP contribution < -0.4 is 0 Å². The number of amides is 1. The van der Waals surface area contributed by atoms with E-state index in [4.69, 9.17) is 10.6 Å². The molecule has 0 aromatic heterocycles. The monoisotopic (exact) mass is 165 g/mol. The average molecular weight is 165 g/mol. The zero-order chi connectivity index (χ0) is 8.72. The maximum absolute atomic E-state index is 11.1. The first kappa shape index (κ1) is 6.80. The van der Waals surface area contributed by atoms with E-state index in [9.17, 15) is 4.79 Å². The second-order valence-electron chi connectivity index (χ2n) is 2.10. The SMILES string of the molecule is N=C1N=C2N=CN=C2C(=O)N1O. The zero-order valence-electron chi connectivity index (χ0n) is 5.72. The molecule has 0 fully saturated rings. The molecule has 60 valence electrons. The van der Waals surface area contributed by atoms with E-state index in [0.717, 1.165) is 6.34 Å². The lowest BCUT2D eigenvalue weighted by Crippen LogP contribution is -2.44. The molecule has 2 rings (SSSR count). The van der Waals surface area contributed by atoms with Gasteiger partial charge < -0.3 is 0 Å². The quantitative estimate of drug-likeness (QED) is 0.451. The van der Waals surface area contributed by atoms with Crippen LogP contribution >= 0.6 is 0 Å². The lowest BCUT2D eigenvalue weighted by molar-refractivity contribution is -0.141. The van der Waals surface area contributed by atoms with Crippen LogP contribution in [-0.4, -0.2) is 40.0 Å². The van der Waals surface area contributed by atoms with Gasteiger partial charge in [0.25, 0.3) is 5.96 Å². The first-order valence-electron chi connectivity index (χ1n) is 3.01. The Balaban J connectivity index is 2.54. The van der Waals surface area contributed by atoms with Gasteiger partial charge in [0.2, 0.25) is 0 Å². The summed E-state index contributed by atoms with van der Waals surface area (Å²) < 4.78 is 0. The van der Waals surface area contributed by atoms with E-state index < -0.39 is 11.9 Å². The van der Waals surface area contributed by atoms with Gasteiger partial charge in [-0.05, 0) is 0 Å². The Morgan fingerprint density at radius 2 is 2.33 bits per heavy atom. The fraction of sp³-hybridized carbons (Fsp3) is 0. The smallest absolute Gasteiger partial charge is 0.278 e. The molecule has 0 saturated carbocycles. The van der Waals surface area contributed by atoms with Crippen LogP contribution in [0.15, 0.2) is 15.0 Å². The first-order valence-corrected chi connectivity index (χ1v) is 3.01. The van der Waals surface area contributed by atoms with Crippen molar-refractivity contribution in [1.29, 1.82) is 5.41 Å². The van der Waals surface area contributed by atoms with Crippen molar-refractivity contribution in [3.8, 4) is 0 Å². The molecule has 0 aromatic rings. The van der Waals surface area contributed by atoms with Crippen LogP contribution in [0.3, 0.4) is 0 Å². The largest absolute Gasteiger partial charge is 0.307 e. The number of nitrogens with zero attached hydrogens (tertiary/aromatic N) is 4. The lowest BCUT2D eigenvalue weighted by atomic mass is 10.3. The van der Waals surface area contributed by atoms with Crippen LogP contribution in [0.2, 0.25) is 0 Å². The summed E-state index contributed by atoms with van der Waals surface area (Å²) in [5.74, 6) is -1.24. The molecule has 2 aliphatic heterocycles. The summed E-state index contributed by atoms with van der Waals surface area (Å²) in [7, 11) is 0. The topological polar surface area (TPSA) is 101 Å². The van der Waals surface area contributed by atoms with Gasteiger partial charge in [0.15, 0.2) is 11.5 Å². The number of fused-ring (bicyclic) bond motifs is 1. The van der Waals surface area contributed by atoms with Gasteiger partial charge in [-0.25, -0.2) is 9.98 Å². The van der Waals surface area contributed by atoms with Crippen LogP contribution in [0, 0.1) is 5.41 Å². The molecular formula is C5H3N5O2. The summed E-state index contributed by atoms with van der Waals surface area (Å²) in [6, 6.07) is 0. The molecule has 0 bridgehead atoms. The molecule has 0 atom stereocenters. The molecule has 0 spiro atoms. The Morgan fingerprint density at radius 1 is 1.58 bits per heavy atom. The number of carbonyl (C=O) groups is 1. The minimum absolute atomic E-state index is 0.0338. The molecule has 7 nitrogen and oxygen atoms in total. The third-order valence-electron chi connectivity index (χ3n) is 1.39. The van der Waals surface area contributed by atoms with Crippen LogP contribution in [0.5, 0.6) is 0 Å². The van der Waals surface area contributed by atoms with Crippen LogP contribution in [0.4, 0.5) is 0 Å². The van der Waals surface area contributed by atoms with E-state index in [1.807, 2.05) is 0 Å². The summed E-state index contributed by atoms with van der Waals surface area (Å²) in [6.45, 7) is 0. The predicted octanol–water partition coefficient (Wildman–Crippen LogP) is -0.966. The molecule has 2 N–H and O–H groups in total. The summed E-state index contributed by atoms with van der Waals surface area (Å²) in [5, 5.41) is 16.0. The van der Waals surface area contributed by atoms with Gasteiger partial charge in [-0.3, -0.25) is 15.4 Å². The minimum atomic E-state index is -0.775. The number of guanidine groups is 1. The number of hydroxylamine groups is 2.